The molecule has 0 bridgehead atoms. The van der Waals surface area contributed by atoms with Gasteiger partial charge in [-0.05, 0) is 43.5 Å². The third-order valence-electron chi connectivity index (χ3n) is 3.82. The van der Waals surface area contributed by atoms with E-state index in [4.69, 9.17) is 5.73 Å². The highest BCUT2D eigenvalue weighted by Crippen LogP contribution is 2.25. The molecule has 1 rings (SSSR count). The molecule has 0 fully saturated rings. The molecule has 0 amide bonds. The third kappa shape index (κ3) is 3.47. The van der Waals surface area contributed by atoms with Crippen molar-refractivity contribution in [2.75, 3.05) is 12.8 Å². The lowest BCUT2D eigenvalue weighted by Gasteiger charge is -2.35. The van der Waals surface area contributed by atoms with Crippen molar-refractivity contribution in [2.24, 2.45) is 5.41 Å². The second kappa shape index (κ2) is 5.09. The molecule has 2 nitrogen and oxygen atoms in total. The van der Waals surface area contributed by atoms with E-state index in [1.165, 1.54) is 11.1 Å². The van der Waals surface area contributed by atoms with Crippen LogP contribution in [-0.2, 0) is 6.54 Å². The fourth-order valence-corrected chi connectivity index (χ4v) is 1.94. The monoisotopic (exact) mass is 234 g/mol. The molecular weight excluding hydrogens is 208 g/mol. The minimum Gasteiger partial charge on any atom is -0.399 e. The smallest absolute Gasteiger partial charge is 0.0346 e. The van der Waals surface area contributed by atoms with Gasteiger partial charge in [-0.25, -0.2) is 0 Å². The maximum absolute atomic E-state index is 5.94. The minimum atomic E-state index is 0.295. The zero-order valence-corrected chi connectivity index (χ0v) is 12.0. The van der Waals surface area contributed by atoms with Gasteiger partial charge in [-0.15, -0.1) is 0 Å². The van der Waals surface area contributed by atoms with Crippen molar-refractivity contribution in [3.8, 4) is 0 Å². The molecule has 0 saturated heterocycles. The molecule has 0 aliphatic carbocycles. The van der Waals surface area contributed by atoms with Gasteiger partial charge in [-0.1, -0.05) is 32.9 Å². The Morgan fingerprint density at radius 1 is 1.29 bits per heavy atom. The summed E-state index contributed by atoms with van der Waals surface area (Å²) >= 11 is 0. The minimum absolute atomic E-state index is 0.295. The van der Waals surface area contributed by atoms with E-state index in [1.54, 1.807) is 0 Å². The Hall–Kier alpha value is -1.02. The highest BCUT2D eigenvalue weighted by Gasteiger charge is 2.24. The molecular formula is C15H26N2. The van der Waals surface area contributed by atoms with Gasteiger partial charge in [0.05, 0.1) is 0 Å². The largest absolute Gasteiger partial charge is 0.399 e. The van der Waals surface area contributed by atoms with Gasteiger partial charge in [-0.3, -0.25) is 4.90 Å². The molecule has 17 heavy (non-hydrogen) atoms. The molecule has 1 aromatic rings. The molecule has 0 saturated carbocycles. The molecule has 1 atom stereocenters. The Morgan fingerprint density at radius 2 is 1.88 bits per heavy atom. The molecule has 96 valence electrons. The van der Waals surface area contributed by atoms with E-state index in [0.717, 1.165) is 12.2 Å². The van der Waals surface area contributed by atoms with Crippen LogP contribution < -0.4 is 5.73 Å². The Kier molecular flexibility index (Phi) is 4.21. The SMILES string of the molecule is Cc1c(N)cccc1CN(C)C(C)C(C)(C)C. The number of nitrogens with two attached hydrogens (primary N) is 1. The summed E-state index contributed by atoms with van der Waals surface area (Å²) < 4.78 is 0. The van der Waals surface area contributed by atoms with Gasteiger partial charge in [0, 0.05) is 18.3 Å². The summed E-state index contributed by atoms with van der Waals surface area (Å²) in [6, 6.07) is 6.69. The highest BCUT2D eigenvalue weighted by atomic mass is 15.1. The van der Waals surface area contributed by atoms with Gasteiger partial charge in [0.25, 0.3) is 0 Å². The maximum atomic E-state index is 5.94. The van der Waals surface area contributed by atoms with Gasteiger partial charge in [0.2, 0.25) is 0 Å². The average Bonchev–Trinajstić information content (AvgIpc) is 2.22. The van der Waals surface area contributed by atoms with Crippen molar-refractivity contribution in [2.45, 2.75) is 47.2 Å². The summed E-state index contributed by atoms with van der Waals surface area (Å²) in [7, 11) is 2.18. The first kappa shape index (κ1) is 14.0. The standard InChI is InChI=1S/C15H26N2/c1-11-13(8-7-9-14(11)16)10-17(6)12(2)15(3,4)5/h7-9,12H,10,16H2,1-6H3. The lowest BCUT2D eigenvalue weighted by atomic mass is 9.87. The highest BCUT2D eigenvalue weighted by molar-refractivity contribution is 5.49. The van der Waals surface area contributed by atoms with Crippen LogP contribution in [0.2, 0.25) is 0 Å². The van der Waals surface area contributed by atoms with E-state index in [-0.39, 0.29) is 0 Å². The number of benzene rings is 1. The molecule has 1 aromatic carbocycles. The number of nitrogens with zero attached hydrogens (tertiary/aromatic N) is 1. The Labute approximate surface area is 106 Å². The Morgan fingerprint density at radius 3 is 2.41 bits per heavy atom. The molecule has 0 aromatic heterocycles. The van der Waals surface area contributed by atoms with Crippen molar-refractivity contribution in [1.82, 2.24) is 4.90 Å². The van der Waals surface area contributed by atoms with Crippen LogP contribution in [0, 0.1) is 12.3 Å². The van der Waals surface area contributed by atoms with Crippen LogP contribution in [-0.4, -0.2) is 18.0 Å². The van der Waals surface area contributed by atoms with E-state index in [9.17, 15) is 0 Å². The normalized spacial score (nSPS) is 14.1. The van der Waals surface area contributed by atoms with Gasteiger partial charge in [-0.2, -0.15) is 0 Å². The summed E-state index contributed by atoms with van der Waals surface area (Å²) in [5.74, 6) is 0. The van der Waals surface area contributed by atoms with Crippen LogP contribution in [0.5, 0.6) is 0 Å². The van der Waals surface area contributed by atoms with E-state index >= 15 is 0 Å². The second-order valence-corrected chi connectivity index (χ2v) is 6.09. The zero-order chi connectivity index (χ0) is 13.2. The summed E-state index contributed by atoms with van der Waals surface area (Å²) in [5.41, 5.74) is 9.65. The molecule has 0 aliphatic heterocycles. The Bertz CT molecular complexity index is 377. The lowest BCUT2D eigenvalue weighted by molar-refractivity contribution is 0.134. The quantitative estimate of drug-likeness (QED) is 0.812. The Balaban J connectivity index is 2.81. The summed E-state index contributed by atoms with van der Waals surface area (Å²) in [6.07, 6.45) is 0. The number of nitrogen functional groups attached to an aromatic ring is 1. The van der Waals surface area contributed by atoms with Gasteiger partial charge >= 0.3 is 0 Å². The second-order valence-electron chi connectivity index (χ2n) is 6.09. The van der Waals surface area contributed by atoms with Crippen LogP contribution in [0.1, 0.15) is 38.8 Å². The zero-order valence-electron chi connectivity index (χ0n) is 12.0. The molecule has 0 spiro atoms. The molecule has 2 N–H and O–H groups in total. The van der Waals surface area contributed by atoms with Crippen molar-refractivity contribution < 1.29 is 0 Å². The average molecular weight is 234 g/mol. The summed E-state index contributed by atoms with van der Waals surface area (Å²) in [6.45, 7) is 12.2. The fraction of sp³-hybridized carbons (Fsp3) is 0.600. The summed E-state index contributed by atoms with van der Waals surface area (Å²) in [4.78, 5) is 2.39. The fourth-order valence-electron chi connectivity index (χ4n) is 1.94. The number of rotatable bonds is 3. The number of anilines is 1. The first-order valence-corrected chi connectivity index (χ1v) is 6.27. The van der Waals surface area contributed by atoms with Crippen molar-refractivity contribution >= 4 is 5.69 Å². The molecule has 1 unspecified atom stereocenters. The van der Waals surface area contributed by atoms with Crippen molar-refractivity contribution in [3.63, 3.8) is 0 Å². The van der Waals surface area contributed by atoms with E-state index in [0.29, 0.717) is 11.5 Å². The van der Waals surface area contributed by atoms with Gasteiger partial charge in [0.15, 0.2) is 0 Å². The first-order chi connectivity index (χ1) is 7.73. The van der Waals surface area contributed by atoms with Crippen LogP contribution in [0.4, 0.5) is 5.69 Å². The van der Waals surface area contributed by atoms with Crippen LogP contribution in [0.3, 0.4) is 0 Å². The first-order valence-electron chi connectivity index (χ1n) is 6.27. The number of hydrogen-bond acceptors (Lipinski definition) is 2. The predicted octanol–water partition coefficient (Wildman–Crippen LogP) is 3.44. The van der Waals surface area contributed by atoms with Crippen LogP contribution in [0.15, 0.2) is 18.2 Å². The van der Waals surface area contributed by atoms with E-state index in [1.807, 2.05) is 12.1 Å². The van der Waals surface area contributed by atoms with Gasteiger partial charge < -0.3 is 5.73 Å². The van der Waals surface area contributed by atoms with Crippen molar-refractivity contribution in [1.29, 1.82) is 0 Å². The topological polar surface area (TPSA) is 29.3 Å². The molecule has 0 radical (unpaired) electrons. The van der Waals surface area contributed by atoms with Crippen LogP contribution >= 0.6 is 0 Å². The van der Waals surface area contributed by atoms with E-state index < -0.39 is 0 Å². The molecule has 0 aliphatic rings. The third-order valence-corrected chi connectivity index (χ3v) is 3.82. The number of hydrogen-bond donors (Lipinski definition) is 1. The predicted molar refractivity (Wildman–Crippen MR) is 76.0 cm³/mol. The van der Waals surface area contributed by atoms with Gasteiger partial charge in [0.1, 0.15) is 0 Å². The van der Waals surface area contributed by atoms with Crippen LogP contribution in [0.25, 0.3) is 0 Å². The molecule has 0 heterocycles. The van der Waals surface area contributed by atoms with E-state index in [2.05, 4.69) is 52.6 Å². The molecule has 2 heteroatoms. The summed E-state index contributed by atoms with van der Waals surface area (Å²) in [5, 5.41) is 0. The van der Waals surface area contributed by atoms with Crippen molar-refractivity contribution in [3.05, 3.63) is 29.3 Å². The lowest BCUT2D eigenvalue weighted by Crippen LogP contribution is -2.38. The maximum Gasteiger partial charge on any atom is 0.0346 e.